The highest BCUT2D eigenvalue weighted by Crippen LogP contribution is 2.49. The van der Waals surface area contributed by atoms with Crippen LogP contribution in [0.1, 0.15) is 59.5 Å². The van der Waals surface area contributed by atoms with E-state index in [0.29, 0.717) is 18.2 Å². The fourth-order valence-corrected chi connectivity index (χ4v) is 9.94. The van der Waals surface area contributed by atoms with Gasteiger partial charge in [0.25, 0.3) is 0 Å². The molecule has 0 aliphatic carbocycles. The first-order chi connectivity index (χ1) is 35.0. The molecule has 332 valence electrons. The van der Waals surface area contributed by atoms with Crippen LogP contribution in [-0.4, -0.2) is 20.8 Å². The summed E-state index contributed by atoms with van der Waals surface area (Å²) in [6, 6.07) is 54.9. The number of anilines is 4. The minimum Gasteiger partial charge on any atom is -0.457 e. The molecule has 6 nitrogen and oxygen atoms in total. The van der Waals surface area contributed by atoms with Gasteiger partial charge in [0.1, 0.15) is 24.0 Å². The van der Waals surface area contributed by atoms with Gasteiger partial charge in [0, 0.05) is 51.2 Å². The lowest BCUT2D eigenvalue weighted by Gasteiger charge is -2.24. The summed E-state index contributed by atoms with van der Waals surface area (Å²) in [6.45, 7) is 13.7. The minimum absolute atomic E-state index is 0.0700. The highest BCUT2D eigenvalue weighted by Gasteiger charge is 2.32. The van der Waals surface area contributed by atoms with Crippen LogP contribution in [0.5, 0.6) is 11.5 Å². The molecule has 0 saturated heterocycles. The van der Waals surface area contributed by atoms with E-state index in [0.717, 1.165) is 88.9 Å². The molecule has 0 atom stereocenters. The minimum atomic E-state index is -0.426. The van der Waals surface area contributed by atoms with Crippen molar-refractivity contribution in [2.45, 2.75) is 52.4 Å². The maximum absolute atomic E-state index is 9.15. The van der Waals surface area contributed by atoms with E-state index in [4.69, 9.17) is 16.6 Å². The van der Waals surface area contributed by atoms with E-state index in [9.17, 15) is 0 Å². The largest absolute Gasteiger partial charge is 0.457 e. The molecular formula is C62H53N5O. The van der Waals surface area contributed by atoms with E-state index < -0.39 is 6.04 Å². The first-order valence-electron chi connectivity index (χ1n) is 25.7. The van der Waals surface area contributed by atoms with Gasteiger partial charge in [-0.3, -0.25) is 4.57 Å². The van der Waals surface area contributed by atoms with Gasteiger partial charge < -0.3 is 19.1 Å². The Morgan fingerprint density at radius 2 is 1.19 bits per heavy atom. The molecule has 0 radical (unpaired) electrons. The van der Waals surface area contributed by atoms with Crippen LogP contribution in [0.4, 0.5) is 22.7 Å². The predicted molar refractivity (Wildman–Crippen MR) is 284 cm³/mol. The molecule has 11 aromatic rings. The standard InChI is InChI=1S/C62H53N5O/c1-61(2,3)43-28-32-55-58(36-43)65(56-26-16-24-51-49-23-13-14-25-53(49)66(60(51)56)45-19-11-8-12-20-45)40-64(55)46-21-15-22-47(38-46)68-48-29-30-50-52-35-42(41-17-9-7-10-18-41)27-31-54(52)67(57(50)39-48)59-37-44(33-34-63-59)62(4,5)6/h7-39H,40H2,1-6H3/i8D,11D,12D,19D,20D. The molecule has 3 aromatic heterocycles. The van der Waals surface area contributed by atoms with Gasteiger partial charge in [-0.05, 0) is 118 Å². The highest BCUT2D eigenvalue weighted by molar-refractivity contribution is 6.14. The van der Waals surface area contributed by atoms with Crippen molar-refractivity contribution in [3.63, 3.8) is 0 Å². The van der Waals surface area contributed by atoms with E-state index in [1.807, 2.05) is 71.4 Å². The van der Waals surface area contributed by atoms with Gasteiger partial charge in [0.15, 0.2) is 0 Å². The second-order valence-electron chi connectivity index (χ2n) is 19.8. The molecule has 8 aromatic carbocycles. The number of fused-ring (bicyclic) bond motifs is 7. The van der Waals surface area contributed by atoms with Crippen molar-refractivity contribution in [2.75, 3.05) is 16.5 Å². The van der Waals surface area contributed by atoms with E-state index >= 15 is 0 Å². The molecule has 0 amide bonds. The van der Waals surface area contributed by atoms with Crippen LogP contribution in [0.2, 0.25) is 0 Å². The van der Waals surface area contributed by atoms with Crippen molar-refractivity contribution in [2.24, 2.45) is 0 Å². The number of hydrogen-bond donors (Lipinski definition) is 0. The number of ether oxygens (including phenoxy) is 1. The number of aromatic nitrogens is 3. The van der Waals surface area contributed by atoms with Crippen molar-refractivity contribution in [3.05, 3.63) is 211 Å². The molecular weight excluding hydrogens is 831 g/mol. The Hall–Kier alpha value is -8.09. The van der Waals surface area contributed by atoms with E-state index in [2.05, 4.69) is 159 Å². The smallest absolute Gasteiger partial charge is 0.137 e. The Morgan fingerprint density at radius 3 is 2.01 bits per heavy atom. The van der Waals surface area contributed by atoms with Crippen LogP contribution in [-0.2, 0) is 10.8 Å². The first-order valence-corrected chi connectivity index (χ1v) is 23.2. The summed E-state index contributed by atoms with van der Waals surface area (Å²) >= 11 is 0. The Balaban J connectivity index is 0.975. The fraction of sp³-hybridized carbons (Fsp3) is 0.145. The number of para-hydroxylation sites is 3. The molecule has 1 aliphatic rings. The summed E-state index contributed by atoms with van der Waals surface area (Å²) < 4.78 is 55.0. The van der Waals surface area contributed by atoms with E-state index in [-0.39, 0.29) is 40.7 Å². The molecule has 6 heteroatoms. The number of hydrogen-bond acceptors (Lipinski definition) is 4. The lowest BCUT2D eigenvalue weighted by atomic mass is 9.86. The second-order valence-corrected chi connectivity index (χ2v) is 19.8. The van der Waals surface area contributed by atoms with Crippen molar-refractivity contribution in [3.8, 4) is 34.1 Å². The van der Waals surface area contributed by atoms with Crippen LogP contribution >= 0.6 is 0 Å². The van der Waals surface area contributed by atoms with Gasteiger partial charge >= 0.3 is 0 Å². The molecule has 4 heterocycles. The van der Waals surface area contributed by atoms with E-state index in [1.54, 1.807) is 0 Å². The van der Waals surface area contributed by atoms with Crippen molar-refractivity contribution < 1.29 is 11.6 Å². The molecule has 0 spiro atoms. The molecule has 1 aliphatic heterocycles. The summed E-state index contributed by atoms with van der Waals surface area (Å²) in [5.74, 6) is 2.21. The highest BCUT2D eigenvalue weighted by atomic mass is 16.5. The van der Waals surface area contributed by atoms with Crippen LogP contribution in [0, 0.1) is 0 Å². The third-order valence-electron chi connectivity index (χ3n) is 13.4. The summed E-state index contributed by atoms with van der Waals surface area (Å²) in [4.78, 5) is 9.51. The van der Waals surface area contributed by atoms with Gasteiger partial charge in [-0.2, -0.15) is 0 Å². The molecule has 0 bridgehead atoms. The van der Waals surface area contributed by atoms with Crippen LogP contribution < -0.4 is 14.5 Å². The Morgan fingerprint density at radius 1 is 0.471 bits per heavy atom. The van der Waals surface area contributed by atoms with Crippen molar-refractivity contribution in [1.82, 2.24) is 14.1 Å². The average molecular weight is 889 g/mol. The zero-order valence-corrected chi connectivity index (χ0v) is 39.0. The van der Waals surface area contributed by atoms with Gasteiger partial charge in [-0.15, -0.1) is 0 Å². The normalized spacial score (nSPS) is 14.1. The molecule has 0 unspecified atom stereocenters. The third-order valence-corrected chi connectivity index (χ3v) is 13.4. The average Bonchev–Trinajstić information content (AvgIpc) is 4.05. The van der Waals surface area contributed by atoms with Gasteiger partial charge in [0.05, 0.1) is 46.0 Å². The zero-order chi connectivity index (χ0) is 50.7. The predicted octanol–water partition coefficient (Wildman–Crippen LogP) is 16.6. The summed E-state index contributed by atoms with van der Waals surface area (Å²) in [5.41, 5.74) is 11.8. The Labute approximate surface area is 404 Å². The Kier molecular flexibility index (Phi) is 8.37. The quantitative estimate of drug-likeness (QED) is 0.160. The van der Waals surface area contributed by atoms with Crippen molar-refractivity contribution >= 4 is 66.4 Å². The zero-order valence-electron chi connectivity index (χ0n) is 44.0. The van der Waals surface area contributed by atoms with Gasteiger partial charge in [-0.25, -0.2) is 4.98 Å². The number of pyridine rings is 1. The molecule has 0 fully saturated rings. The lowest BCUT2D eigenvalue weighted by Crippen LogP contribution is -2.24. The summed E-state index contributed by atoms with van der Waals surface area (Å²) in [6.07, 6.45) is 1.90. The SMILES string of the molecule is [2H]c1c([2H])c([2H])c(-n2c3ccccc3c3cccc(N4CN(c5cccc(Oc6ccc7c8cc(-c9ccccc9)ccc8n(-c8cc(C(C)(C)C)ccn8)c7c6)c5)c5ccc(C(C)(C)C)cc54)c32)c([2H])c1[2H]. The first kappa shape index (κ1) is 36.1. The number of benzene rings is 8. The maximum atomic E-state index is 9.15. The monoisotopic (exact) mass is 888 g/mol. The molecule has 0 saturated carbocycles. The summed E-state index contributed by atoms with van der Waals surface area (Å²) in [5, 5.41) is 4.05. The number of rotatable bonds is 7. The van der Waals surface area contributed by atoms with Gasteiger partial charge in [0.2, 0.25) is 0 Å². The topological polar surface area (TPSA) is 38.5 Å². The van der Waals surface area contributed by atoms with Crippen LogP contribution in [0.25, 0.3) is 66.2 Å². The molecule has 0 N–H and O–H groups in total. The maximum Gasteiger partial charge on any atom is 0.137 e. The van der Waals surface area contributed by atoms with Crippen LogP contribution in [0.3, 0.4) is 0 Å². The summed E-state index contributed by atoms with van der Waals surface area (Å²) in [7, 11) is 0. The molecule has 68 heavy (non-hydrogen) atoms. The molecule has 12 rings (SSSR count). The van der Waals surface area contributed by atoms with Crippen molar-refractivity contribution in [1.29, 1.82) is 0 Å². The second kappa shape index (κ2) is 15.8. The lowest BCUT2D eigenvalue weighted by molar-refractivity contribution is 0.483. The number of nitrogens with zero attached hydrogens (tertiary/aromatic N) is 5. The van der Waals surface area contributed by atoms with E-state index in [1.165, 1.54) is 5.56 Å². The van der Waals surface area contributed by atoms with Gasteiger partial charge in [-0.1, -0.05) is 139 Å². The third kappa shape index (κ3) is 6.98. The van der Waals surface area contributed by atoms with Crippen LogP contribution in [0.15, 0.2) is 200 Å². The fourth-order valence-electron chi connectivity index (χ4n) is 9.94. The Bertz CT molecular complexity index is 4010.